The van der Waals surface area contributed by atoms with Crippen molar-refractivity contribution >= 4 is 16.9 Å². The van der Waals surface area contributed by atoms with Crippen LogP contribution in [0.4, 0.5) is 19.0 Å². The molecule has 4 rings (SSSR count). The highest BCUT2D eigenvalue weighted by Gasteiger charge is 2.38. The Morgan fingerprint density at radius 2 is 2.04 bits per heavy atom. The van der Waals surface area contributed by atoms with Gasteiger partial charge in [-0.3, -0.25) is 10.00 Å². The van der Waals surface area contributed by atoms with Gasteiger partial charge in [-0.05, 0) is 6.42 Å². The molecule has 27 heavy (non-hydrogen) atoms. The number of halogens is 3. The monoisotopic (exact) mass is 376 g/mol. The van der Waals surface area contributed by atoms with E-state index in [1.807, 2.05) is 0 Å². The van der Waals surface area contributed by atoms with E-state index in [1.54, 1.807) is 24.4 Å². The molecule has 1 saturated heterocycles. The number of alkyl halides is 3. The summed E-state index contributed by atoms with van der Waals surface area (Å²) in [6, 6.07) is 7.14. The summed E-state index contributed by atoms with van der Waals surface area (Å²) in [6.07, 6.45) is 2.05. The van der Waals surface area contributed by atoms with Crippen molar-refractivity contribution in [1.29, 1.82) is 0 Å². The molecular weight excluding hydrogens is 357 g/mol. The average Bonchev–Trinajstić information content (AvgIpc) is 3.14. The second kappa shape index (κ2) is 7.15. The van der Waals surface area contributed by atoms with E-state index in [1.165, 1.54) is 23.4 Å². The van der Waals surface area contributed by atoms with Crippen LogP contribution in [0.15, 0.2) is 42.9 Å². The molecule has 1 aliphatic heterocycles. The summed E-state index contributed by atoms with van der Waals surface area (Å²) in [5, 5.41) is 10.4. The molecule has 0 spiro atoms. The van der Waals surface area contributed by atoms with Crippen LogP contribution in [0.25, 0.3) is 11.0 Å². The number of nitrogens with one attached hydrogen (secondary N) is 2. The lowest BCUT2D eigenvalue weighted by atomic mass is 10.0. The molecule has 1 aromatic carbocycles. The molecule has 2 N–H and O–H groups in total. The summed E-state index contributed by atoms with van der Waals surface area (Å²) in [7, 11) is 0. The quantitative estimate of drug-likeness (QED) is 0.717. The number of aromatic nitrogens is 4. The fraction of sp³-hybridized carbons (Fsp3) is 0.389. The molecule has 1 aliphatic rings. The van der Waals surface area contributed by atoms with Crippen molar-refractivity contribution in [3.05, 3.63) is 48.4 Å². The van der Waals surface area contributed by atoms with E-state index in [0.717, 1.165) is 0 Å². The zero-order valence-corrected chi connectivity index (χ0v) is 14.4. The first kappa shape index (κ1) is 17.7. The lowest BCUT2D eigenvalue weighted by molar-refractivity contribution is -0.0491. The van der Waals surface area contributed by atoms with Crippen LogP contribution >= 0.6 is 0 Å². The van der Waals surface area contributed by atoms with Gasteiger partial charge in [-0.2, -0.15) is 13.9 Å². The van der Waals surface area contributed by atoms with Crippen molar-refractivity contribution in [2.45, 2.75) is 24.6 Å². The minimum Gasteiger partial charge on any atom is -0.364 e. The predicted molar refractivity (Wildman–Crippen MR) is 95.4 cm³/mol. The molecule has 0 bridgehead atoms. The second-order valence-electron chi connectivity index (χ2n) is 6.72. The number of likely N-dealkylation sites (tertiary alicyclic amines) is 1. The zero-order valence-electron chi connectivity index (χ0n) is 14.4. The van der Waals surface area contributed by atoms with E-state index in [2.05, 4.69) is 25.5 Å². The maximum absolute atomic E-state index is 14.7. The van der Waals surface area contributed by atoms with Crippen LogP contribution in [-0.2, 0) is 5.92 Å². The Morgan fingerprint density at radius 3 is 2.81 bits per heavy atom. The van der Waals surface area contributed by atoms with Gasteiger partial charge < -0.3 is 5.32 Å². The minimum atomic E-state index is -3.02. The molecule has 0 aliphatic carbocycles. The van der Waals surface area contributed by atoms with E-state index < -0.39 is 24.7 Å². The Balaban J connectivity index is 1.40. The zero-order chi connectivity index (χ0) is 18.9. The minimum absolute atomic E-state index is 0.0519. The fourth-order valence-corrected chi connectivity index (χ4v) is 3.38. The molecule has 2 aromatic heterocycles. The average molecular weight is 376 g/mol. The number of fused-ring (bicyclic) bond motifs is 1. The van der Waals surface area contributed by atoms with Crippen LogP contribution in [0.2, 0.25) is 0 Å². The Bertz CT molecular complexity index is 900. The van der Waals surface area contributed by atoms with Crippen molar-refractivity contribution < 1.29 is 13.2 Å². The highest BCUT2D eigenvalue weighted by Crippen LogP contribution is 2.30. The smallest absolute Gasteiger partial charge is 0.285 e. The van der Waals surface area contributed by atoms with Gasteiger partial charge in [0, 0.05) is 18.7 Å². The molecule has 0 saturated carbocycles. The van der Waals surface area contributed by atoms with E-state index in [9.17, 15) is 13.2 Å². The summed E-state index contributed by atoms with van der Waals surface area (Å²) >= 11 is 0. The maximum Gasteiger partial charge on any atom is 0.285 e. The number of aromatic amines is 1. The molecule has 2 atom stereocenters. The fourth-order valence-electron chi connectivity index (χ4n) is 3.38. The third-order valence-corrected chi connectivity index (χ3v) is 4.81. The molecule has 142 valence electrons. The predicted octanol–water partition coefficient (Wildman–Crippen LogP) is 2.97. The summed E-state index contributed by atoms with van der Waals surface area (Å²) in [6.45, 7) is -0.177. The number of anilines is 1. The molecule has 3 heterocycles. The number of piperidine rings is 1. The first-order valence-corrected chi connectivity index (χ1v) is 8.73. The van der Waals surface area contributed by atoms with Gasteiger partial charge in [0.15, 0.2) is 5.65 Å². The topological polar surface area (TPSA) is 69.7 Å². The molecule has 1 fully saturated rings. The maximum atomic E-state index is 14.7. The summed E-state index contributed by atoms with van der Waals surface area (Å²) in [4.78, 5) is 9.66. The summed E-state index contributed by atoms with van der Waals surface area (Å²) in [5.74, 6) is -2.53. The number of hydrogen-bond acceptors (Lipinski definition) is 5. The van der Waals surface area contributed by atoms with Gasteiger partial charge in [0.1, 0.15) is 18.3 Å². The molecule has 0 amide bonds. The Morgan fingerprint density at radius 1 is 1.22 bits per heavy atom. The van der Waals surface area contributed by atoms with Crippen LogP contribution in [-0.4, -0.2) is 56.9 Å². The van der Waals surface area contributed by atoms with Gasteiger partial charge in [-0.15, -0.1) is 0 Å². The van der Waals surface area contributed by atoms with Crippen LogP contribution in [0.5, 0.6) is 0 Å². The third-order valence-electron chi connectivity index (χ3n) is 4.81. The largest absolute Gasteiger partial charge is 0.364 e. The Kier molecular flexibility index (Phi) is 4.69. The molecule has 6 nitrogen and oxygen atoms in total. The molecule has 2 unspecified atom stereocenters. The van der Waals surface area contributed by atoms with Crippen LogP contribution in [0.1, 0.15) is 12.0 Å². The van der Waals surface area contributed by atoms with E-state index in [4.69, 9.17) is 0 Å². The second-order valence-corrected chi connectivity index (χ2v) is 6.72. The third kappa shape index (κ3) is 3.73. The number of rotatable bonds is 5. The Labute approximate surface area is 153 Å². The van der Waals surface area contributed by atoms with E-state index in [-0.39, 0.29) is 12.1 Å². The number of nitrogens with zero attached hydrogens (tertiary/aromatic N) is 4. The molecule has 3 aromatic rings. The Hall–Kier alpha value is -2.68. The van der Waals surface area contributed by atoms with E-state index in [0.29, 0.717) is 29.8 Å². The summed E-state index contributed by atoms with van der Waals surface area (Å²) in [5.41, 5.74) is 0.506. The molecule has 0 radical (unpaired) electrons. The van der Waals surface area contributed by atoms with Gasteiger partial charge >= 0.3 is 0 Å². The van der Waals surface area contributed by atoms with Gasteiger partial charge in [-0.1, -0.05) is 30.3 Å². The first-order valence-electron chi connectivity index (χ1n) is 8.73. The van der Waals surface area contributed by atoms with Crippen molar-refractivity contribution in [3.63, 3.8) is 0 Å². The van der Waals surface area contributed by atoms with Crippen LogP contribution < -0.4 is 5.32 Å². The standard InChI is InChI=1S/C18H19F3N6/c19-14-9-27(10-18(20,21)12-4-2-1-3-5-12)7-6-15(14)25-16-13-8-24-26-17(13)23-11-22-16/h1-5,8,11,14-15H,6-7,9-10H2,(H2,22,23,24,25,26). The van der Waals surface area contributed by atoms with Gasteiger partial charge in [0.2, 0.25) is 0 Å². The number of H-pyrrole nitrogens is 1. The van der Waals surface area contributed by atoms with Crippen molar-refractivity contribution in [2.75, 3.05) is 25.0 Å². The summed E-state index contributed by atoms with van der Waals surface area (Å²) < 4.78 is 43.6. The van der Waals surface area contributed by atoms with Crippen LogP contribution in [0.3, 0.4) is 0 Å². The van der Waals surface area contributed by atoms with Gasteiger partial charge in [0.05, 0.1) is 24.2 Å². The first-order chi connectivity index (χ1) is 13.0. The number of benzene rings is 1. The SMILES string of the molecule is FC1CN(CC(F)(F)c2ccccc2)CCC1Nc1ncnc2[nH]ncc12. The lowest BCUT2D eigenvalue weighted by Gasteiger charge is -2.36. The highest BCUT2D eigenvalue weighted by atomic mass is 19.3. The highest BCUT2D eigenvalue weighted by molar-refractivity contribution is 5.85. The van der Waals surface area contributed by atoms with Crippen molar-refractivity contribution in [1.82, 2.24) is 25.1 Å². The number of hydrogen-bond donors (Lipinski definition) is 2. The van der Waals surface area contributed by atoms with E-state index >= 15 is 0 Å². The van der Waals surface area contributed by atoms with Gasteiger partial charge in [-0.25, -0.2) is 14.4 Å². The van der Waals surface area contributed by atoms with Gasteiger partial charge in [0.25, 0.3) is 5.92 Å². The molecular formula is C18H19F3N6. The van der Waals surface area contributed by atoms with Crippen molar-refractivity contribution in [3.8, 4) is 0 Å². The lowest BCUT2D eigenvalue weighted by Crippen LogP contribution is -2.50. The normalized spacial score (nSPS) is 21.4. The molecule has 9 heteroatoms. The van der Waals surface area contributed by atoms with Crippen LogP contribution in [0, 0.1) is 0 Å². The van der Waals surface area contributed by atoms with Crippen molar-refractivity contribution in [2.24, 2.45) is 0 Å².